The highest BCUT2D eigenvalue weighted by Crippen LogP contribution is 2.54. The van der Waals surface area contributed by atoms with Gasteiger partial charge in [0.1, 0.15) is 0 Å². The van der Waals surface area contributed by atoms with Crippen molar-refractivity contribution in [3.8, 4) is 44.8 Å². The second-order valence-electron chi connectivity index (χ2n) is 28.4. The molecule has 4 nitrogen and oxygen atoms in total. The first-order valence-corrected chi connectivity index (χ1v) is 34.9. The summed E-state index contributed by atoms with van der Waals surface area (Å²) >= 11 is 0. The Labute approximate surface area is 567 Å². The highest BCUT2D eigenvalue weighted by molar-refractivity contribution is 7.02. The van der Waals surface area contributed by atoms with Crippen molar-refractivity contribution in [1.29, 1.82) is 0 Å². The molecule has 6 heteroatoms. The monoisotopic (exact) mass is 1240 g/mol. The number of hydrogen-bond acceptors (Lipinski definition) is 2. The van der Waals surface area contributed by atoms with Crippen molar-refractivity contribution in [2.75, 3.05) is 9.80 Å². The zero-order chi connectivity index (χ0) is 63.3. The Bertz CT molecular complexity index is 6320. The van der Waals surface area contributed by atoms with Gasteiger partial charge in [0.05, 0.1) is 22.1 Å². The highest BCUT2D eigenvalue weighted by Gasteiger charge is 2.47. The van der Waals surface area contributed by atoms with Gasteiger partial charge in [0.15, 0.2) is 0 Å². The van der Waals surface area contributed by atoms with E-state index in [9.17, 15) is 0 Å². The SMILES string of the molecule is C1=CC2=CCc3cc(N4c5cc(-c6ccc7c8c6-c6cc(-n9c%10ccccc%10c%10ccccc%109)ccc6B8c6ccccc6N7c6cc7c8c(c6)CC=C6C=CC=C(C=C7)C68)ccc5B5c6cc(-n7c8ccccc8c8ccccc87)ccc6-c6cccc4c65)cc4c3C2C(=C1)C=C4. The lowest BCUT2D eigenvalue weighted by molar-refractivity contribution is 0.892. The minimum absolute atomic E-state index is 0.000880. The third kappa shape index (κ3) is 6.72. The van der Waals surface area contributed by atoms with Crippen molar-refractivity contribution in [3.05, 3.63) is 347 Å². The Balaban J connectivity index is 0.754. The van der Waals surface area contributed by atoms with Gasteiger partial charge in [-0.1, -0.05) is 217 Å². The molecule has 6 aliphatic carbocycles. The number of aromatic nitrogens is 2. The lowest BCUT2D eigenvalue weighted by atomic mass is 9.37. The van der Waals surface area contributed by atoms with Crippen LogP contribution in [0, 0.1) is 0 Å². The lowest BCUT2D eigenvalue weighted by Crippen LogP contribution is -2.55. The molecule has 0 fully saturated rings. The van der Waals surface area contributed by atoms with E-state index in [0.29, 0.717) is 0 Å². The Morgan fingerprint density at radius 2 is 0.837 bits per heavy atom. The normalized spacial score (nSPS) is 17.3. The van der Waals surface area contributed by atoms with Crippen molar-refractivity contribution in [2.24, 2.45) is 0 Å². The van der Waals surface area contributed by atoms with Crippen LogP contribution in [0.4, 0.5) is 34.1 Å². The lowest BCUT2D eigenvalue weighted by Gasteiger charge is -2.39. The molecule has 0 N–H and O–H groups in total. The number of hydrogen-bond donors (Lipinski definition) is 0. The Morgan fingerprint density at radius 3 is 1.48 bits per heavy atom. The second-order valence-corrected chi connectivity index (χ2v) is 28.4. The number of anilines is 6. The van der Waals surface area contributed by atoms with Gasteiger partial charge in [0, 0.05) is 78.9 Å². The molecule has 2 aromatic heterocycles. The average molecular weight is 1240 g/mol. The smallest absolute Gasteiger partial charge is 0.248 e. The molecule has 14 aromatic rings. The summed E-state index contributed by atoms with van der Waals surface area (Å²) in [7, 11) is 0. The quantitative estimate of drug-likeness (QED) is 0.160. The van der Waals surface area contributed by atoms with Gasteiger partial charge in [-0.2, -0.15) is 0 Å². The predicted octanol–water partition coefficient (Wildman–Crippen LogP) is 18.3. The Kier molecular flexibility index (Phi) is 10.1. The molecule has 0 bridgehead atoms. The second kappa shape index (κ2) is 18.9. The number of allylic oxidation sites excluding steroid dienone is 14. The molecule has 4 aliphatic heterocycles. The molecular weight excluding hydrogens is 1180 g/mol. The van der Waals surface area contributed by atoms with Gasteiger partial charge >= 0.3 is 0 Å². The molecule has 450 valence electrons. The molecule has 6 heterocycles. The largest absolute Gasteiger partial charge is 0.311 e. The van der Waals surface area contributed by atoms with Crippen LogP contribution in [-0.2, 0) is 12.8 Å². The molecule has 2 unspecified atom stereocenters. The van der Waals surface area contributed by atoms with Gasteiger partial charge in [-0.25, -0.2) is 0 Å². The van der Waals surface area contributed by atoms with Gasteiger partial charge in [0.2, 0.25) is 13.4 Å². The first-order chi connectivity index (χ1) is 48.6. The number of para-hydroxylation sites is 5. The van der Waals surface area contributed by atoms with Crippen LogP contribution in [0.25, 0.3) is 101 Å². The summed E-state index contributed by atoms with van der Waals surface area (Å²) in [5.41, 5.74) is 44.3. The van der Waals surface area contributed by atoms with Crippen molar-refractivity contribution >= 4 is 136 Å². The highest BCUT2D eigenvalue weighted by atomic mass is 15.2. The average Bonchev–Trinajstić information content (AvgIpc) is 1.52. The molecule has 2 atom stereocenters. The van der Waals surface area contributed by atoms with E-state index in [1.807, 2.05) is 0 Å². The molecule has 0 saturated carbocycles. The van der Waals surface area contributed by atoms with Crippen molar-refractivity contribution < 1.29 is 0 Å². The van der Waals surface area contributed by atoms with E-state index in [2.05, 4.69) is 322 Å². The van der Waals surface area contributed by atoms with E-state index < -0.39 is 0 Å². The van der Waals surface area contributed by atoms with E-state index in [1.54, 1.807) is 0 Å². The number of nitrogens with zero attached hydrogens (tertiary/aromatic N) is 4. The molecule has 0 spiro atoms. The number of rotatable bonds is 5. The molecule has 10 aliphatic rings. The van der Waals surface area contributed by atoms with E-state index in [1.165, 1.54) is 205 Å². The summed E-state index contributed by atoms with van der Waals surface area (Å²) in [6.45, 7) is -0.00725. The van der Waals surface area contributed by atoms with Gasteiger partial charge in [-0.15, -0.1) is 0 Å². The minimum atomic E-state index is -0.00813. The molecule has 0 saturated heterocycles. The zero-order valence-corrected chi connectivity index (χ0v) is 53.4. The molecule has 24 rings (SSSR count). The minimum Gasteiger partial charge on any atom is -0.311 e. The number of fused-ring (bicyclic) bond motifs is 16. The maximum atomic E-state index is 2.66. The van der Waals surface area contributed by atoms with Crippen LogP contribution in [0.3, 0.4) is 0 Å². The van der Waals surface area contributed by atoms with Crippen LogP contribution in [-0.4, -0.2) is 22.6 Å². The summed E-state index contributed by atoms with van der Waals surface area (Å²) in [5.74, 6) is 0.547. The summed E-state index contributed by atoms with van der Waals surface area (Å²) in [4.78, 5) is 5.28. The van der Waals surface area contributed by atoms with Crippen molar-refractivity contribution in [2.45, 2.75) is 24.7 Å². The first-order valence-electron chi connectivity index (χ1n) is 34.9. The summed E-state index contributed by atoms with van der Waals surface area (Å²) < 4.78 is 5.00. The van der Waals surface area contributed by atoms with Crippen LogP contribution in [0.1, 0.15) is 45.2 Å². The topological polar surface area (TPSA) is 16.3 Å². The van der Waals surface area contributed by atoms with Crippen LogP contribution in [0.2, 0.25) is 0 Å². The summed E-state index contributed by atoms with van der Waals surface area (Å²) in [6, 6.07) is 89.5. The summed E-state index contributed by atoms with van der Waals surface area (Å²) in [5, 5.41) is 5.07. The fourth-order valence-electron chi connectivity index (χ4n) is 20.0. The van der Waals surface area contributed by atoms with Crippen molar-refractivity contribution in [3.63, 3.8) is 0 Å². The maximum Gasteiger partial charge on any atom is 0.248 e. The van der Waals surface area contributed by atoms with Crippen LogP contribution in [0.15, 0.2) is 314 Å². The molecule has 98 heavy (non-hydrogen) atoms. The van der Waals surface area contributed by atoms with E-state index >= 15 is 0 Å². The van der Waals surface area contributed by atoms with Gasteiger partial charge < -0.3 is 18.9 Å². The fourth-order valence-corrected chi connectivity index (χ4v) is 20.0. The van der Waals surface area contributed by atoms with Crippen LogP contribution < -0.4 is 42.6 Å². The number of benzene rings is 12. The fraction of sp³-hybridized carbons (Fsp3) is 0.0435. The van der Waals surface area contributed by atoms with Crippen LogP contribution >= 0.6 is 0 Å². The molecular formula is C92H56B2N4. The van der Waals surface area contributed by atoms with Crippen molar-refractivity contribution in [1.82, 2.24) is 9.13 Å². The van der Waals surface area contributed by atoms with E-state index in [-0.39, 0.29) is 25.3 Å². The zero-order valence-electron chi connectivity index (χ0n) is 53.4. The van der Waals surface area contributed by atoms with E-state index in [4.69, 9.17) is 0 Å². The Hall–Kier alpha value is -12.1. The molecule has 0 amide bonds. The van der Waals surface area contributed by atoms with Crippen LogP contribution in [0.5, 0.6) is 0 Å². The molecule has 0 radical (unpaired) electrons. The third-order valence-electron chi connectivity index (χ3n) is 23.8. The standard InChI is InChI=1S/C92H56B2N4/c1-6-24-78-68(18-1)69-19-2-7-25-79(69)95(78)62-40-44-74-73(51-62)90-66(42-45-84-92(90)93(74)75-23-5-10-28-82(75)97(84)64-46-58-34-30-53-14-11-15-54-31-35-59(47-64)88(58)86(53)54)57-38-43-76-85(50-57)98(65-48-60-36-32-55-16-12-17-56-33-37-61(49-65)89(60)87(55)56)83-29-13-22-72-67-41-39-63(52-77(67)94(76)91(72)83)96-80-26-8-3-20-70(80)71-21-4-9-27-81(71)96/h1-34,36,38-52,86-87H,35,37H2. The molecule has 12 aromatic carbocycles. The van der Waals surface area contributed by atoms with E-state index in [0.717, 1.165) is 18.5 Å². The third-order valence-corrected chi connectivity index (χ3v) is 23.8. The van der Waals surface area contributed by atoms with Gasteiger partial charge in [0.25, 0.3) is 0 Å². The summed E-state index contributed by atoms with van der Waals surface area (Å²) in [6.07, 6.45) is 30.0. The predicted molar refractivity (Wildman–Crippen MR) is 412 cm³/mol. The maximum absolute atomic E-state index is 2.66. The first kappa shape index (κ1) is 52.2. The van der Waals surface area contributed by atoms with Gasteiger partial charge in [-0.3, -0.25) is 0 Å². The van der Waals surface area contributed by atoms with Gasteiger partial charge in [-0.05, 0) is 221 Å². The Morgan fingerprint density at radius 1 is 0.316 bits per heavy atom.